The molecule has 24 heavy (non-hydrogen) atoms. The summed E-state index contributed by atoms with van der Waals surface area (Å²) in [6.45, 7) is 4.57. The Morgan fingerprint density at radius 2 is 2.04 bits per heavy atom. The van der Waals surface area contributed by atoms with Gasteiger partial charge in [-0.3, -0.25) is 0 Å². The summed E-state index contributed by atoms with van der Waals surface area (Å²) in [7, 11) is 0. The summed E-state index contributed by atoms with van der Waals surface area (Å²) in [5.41, 5.74) is 4.20. The van der Waals surface area contributed by atoms with E-state index in [1.807, 2.05) is 36.4 Å². The van der Waals surface area contributed by atoms with Crippen LogP contribution in [0.3, 0.4) is 0 Å². The molecule has 2 atom stereocenters. The Labute approximate surface area is 141 Å². The van der Waals surface area contributed by atoms with E-state index in [1.165, 1.54) is 28.4 Å². The molecule has 0 amide bonds. The number of nitrogens with zero attached hydrogens (tertiary/aromatic N) is 2. The van der Waals surface area contributed by atoms with E-state index in [0.29, 0.717) is 17.6 Å². The van der Waals surface area contributed by atoms with Crippen molar-refractivity contribution in [1.82, 2.24) is 9.55 Å². The van der Waals surface area contributed by atoms with Gasteiger partial charge >= 0.3 is 6.09 Å². The summed E-state index contributed by atoms with van der Waals surface area (Å²) in [5, 5.41) is 0. The van der Waals surface area contributed by atoms with Crippen LogP contribution >= 0.6 is 0 Å². The van der Waals surface area contributed by atoms with E-state index in [2.05, 4.69) is 24.9 Å². The van der Waals surface area contributed by atoms with Crippen LogP contribution in [0.15, 0.2) is 48.8 Å². The molecular formula is C20H20N2O2. The standard InChI is InChI=1S/C20H20N2O2/c1-13-7-8-15-11-16(9-10-17(15)14(13)2)24-20(23)22-12-21-18-5-3-4-6-19(18)22/h3-6,9-14H,7-8H2,1-2H3. The maximum Gasteiger partial charge on any atom is 0.425 e. The van der Waals surface area contributed by atoms with E-state index in [-0.39, 0.29) is 0 Å². The fourth-order valence-electron chi connectivity index (χ4n) is 3.50. The van der Waals surface area contributed by atoms with Gasteiger partial charge in [-0.2, -0.15) is 0 Å². The van der Waals surface area contributed by atoms with Crippen molar-refractivity contribution in [2.75, 3.05) is 0 Å². The number of benzene rings is 2. The summed E-state index contributed by atoms with van der Waals surface area (Å²) in [4.78, 5) is 16.7. The van der Waals surface area contributed by atoms with Gasteiger partial charge in [-0.05, 0) is 60.1 Å². The zero-order valence-electron chi connectivity index (χ0n) is 13.9. The van der Waals surface area contributed by atoms with Gasteiger partial charge in [-0.25, -0.2) is 14.3 Å². The number of ether oxygens (including phenoxy) is 1. The molecule has 2 aromatic carbocycles. The lowest BCUT2D eigenvalue weighted by Gasteiger charge is -2.28. The van der Waals surface area contributed by atoms with Gasteiger partial charge in [0.1, 0.15) is 12.1 Å². The zero-order chi connectivity index (χ0) is 16.7. The average Bonchev–Trinajstić information content (AvgIpc) is 3.02. The number of carbonyl (C=O) groups is 1. The highest BCUT2D eigenvalue weighted by Gasteiger charge is 2.23. The van der Waals surface area contributed by atoms with E-state index in [1.54, 1.807) is 0 Å². The molecule has 3 aromatic rings. The molecule has 0 radical (unpaired) electrons. The second-order valence-electron chi connectivity index (χ2n) is 6.64. The highest BCUT2D eigenvalue weighted by molar-refractivity contribution is 5.87. The fraction of sp³-hybridized carbons (Fsp3) is 0.300. The van der Waals surface area contributed by atoms with Gasteiger partial charge in [0.25, 0.3) is 0 Å². The molecule has 1 aliphatic carbocycles. The third kappa shape index (κ3) is 2.48. The Morgan fingerprint density at radius 1 is 1.21 bits per heavy atom. The quantitative estimate of drug-likeness (QED) is 0.649. The second-order valence-corrected chi connectivity index (χ2v) is 6.64. The fourth-order valence-corrected chi connectivity index (χ4v) is 3.50. The number of hydrogen-bond donors (Lipinski definition) is 0. The summed E-state index contributed by atoms with van der Waals surface area (Å²) in [5.74, 6) is 1.84. The first-order chi connectivity index (χ1) is 11.6. The smallest absolute Gasteiger partial charge is 0.410 e. The number of aromatic nitrogens is 2. The lowest BCUT2D eigenvalue weighted by Crippen LogP contribution is -2.18. The molecule has 0 spiro atoms. The van der Waals surface area contributed by atoms with E-state index in [9.17, 15) is 4.79 Å². The number of para-hydroxylation sites is 2. The number of imidazole rings is 1. The van der Waals surface area contributed by atoms with Crippen LogP contribution in [0.2, 0.25) is 0 Å². The van der Waals surface area contributed by atoms with Gasteiger partial charge in [0.15, 0.2) is 0 Å². The molecule has 0 bridgehead atoms. The molecule has 122 valence electrons. The van der Waals surface area contributed by atoms with E-state index in [4.69, 9.17) is 4.74 Å². The topological polar surface area (TPSA) is 44.1 Å². The van der Waals surface area contributed by atoms with E-state index < -0.39 is 6.09 Å². The minimum atomic E-state index is -0.430. The largest absolute Gasteiger partial charge is 0.425 e. The summed E-state index contributed by atoms with van der Waals surface area (Å²) in [6.07, 6.45) is 3.30. The van der Waals surface area contributed by atoms with Gasteiger partial charge < -0.3 is 4.74 Å². The predicted octanol–water partition coefficient (Wildman–Crippen LogP) is 4.77. The lowest BCUT2D eigenvalue weighted by atomic mass is 9.77. The van der Waals surface area contributed by atoms with Crippen LogP contribution in [-0.4, -0.2) is 15.6 Å². The summed E-state index contributed by atoms with van der Waals surface area (Å²) in [6, 6.07) is 13.5. The Bertz CT molecular complexity index is 913. The summed E-state index contributed by atoms with van der Waals surface area (Å²) >= 11 is 0. The number of fused-ring (bicyclic) bond motifs is 2. The van der Waals surface area contributed by atoms with Crippen LogP contribution in [-0.2, 0) is 6.42 Å². The van der Waals surface area contributed by atoms with Crippen molar-refractivity contribution in [3.05, 3.63) is 59.9 Å². The van der Waals surface area contributed by atoms with Gasteiger partial charge in [0.05, 0.1) is 11.0 Å². The molecule has 1 heterocycles. The van der Waals surface area contributed by atoms with Crippen molar-refractivity contribution in [3.8, 4) is 5.75 Å². The van der Waals surface area contributed by atoms with Crippen LogP contribution < -0.4 is 4.74 Å². The monoisotopic (exact) mass is 320 g/mol. The van der Waals surface area contributed by atoms with Crippen molar-refractivity contribution in [2.45, 2.75) is 32.6 Å². The molecule has 1 aromatic heterocycles. The first-order valence-electron chi connectivity index (χ1n) is 8.40. The Balaban J connectivity index is 1.61. The maximum atomic E-state index is 12.5. The zero-order valence-corrected chi connectivity index (χ0v) is 13.9. The highest BCUT2D eigenvalue weighted by atomic mass is 16.6. The molecule has 4 nitrogen and oxygen atoms in total. The van der Waals surface area contributed by atoms with Crippen molar-refractivity contribution >= 4 is 17.1 Å². The van der Waals surface area contributed by atoms with Crippen LogP contribution in [0.25, 0.3) is 11.0 Å². The number of hydrogen-bond acceptors (Lipinski definition) is 3. The Kier molecular flexibility index (Phi) is 3.60. The maximum absolute atomic E-state index is 12.5. The Morgan fingerprint density at radius 3 is 2.92 bits per heavy atom. The van der Waals surface area contributed by atoms with E-state index >= 15 is 0 Å². The first-order valence-corrected chi connectivity index (χ1v) is 8.40. The molecule has 0 aliphatic heterocycles. The van der Waals surface area contributed by atoms with E-state index in [0.717, 1.165) is 17.5 Å². The predicted molar refractivity (Wildman–Crippen MR) is 93.5 cm³/mol. The third-order valence-electron chi connectivity index (χ3n) is 5.18. The minimum Gasteiger partial charge on any atom is -0.410 e. The molecular weight excluding hydrogens is 300 g/mol. The van der Waals surface area contributed by atoms with Gasteiger partial charge in [0, 0.05) is 0 Å². The summed E-state index contributed by atoms with van der Waals surface area (Å²) < 4.78 is 7.02. The van der Waals surface area contributed by atoms with Crippen LogP contribution in [0.4, 0.5) is 4.79 Å². The van der Waals surface area contributed by atoms with Gasteiger partial charge in [-0.1, -0.05) is 32.0 Å². The lowest BCUT2D eigenvalue weighted by molar-refractivity contribution is 0.203. The molecule has 1 aliphatic rings. The van der Waals surface area contributed by atoms with Crippen molar-refractivity contribution in [1.29, 1.82) is 0 Å². The molecule has 0 N–H and O–H groups in total. The van der Waals surface area contributed by atoms with Crippen molar-refractivity contribution in [2.24, 2.45) is 5.92 Å². The van der Waals surface area contributed by atoms with Crippen molar-refractivity contribution < 1.29 is 9.53 Å². The SMILES string of the molecule is CC1CCc2cc(OC(=O)n3cnc4ccccc43)ccc2C1C. The molecule has 0 fully saturated rings. The van der Waals surface area contributed by atoms with Gasteiger partial charge in [-0.15, -0.1) is 0 Å². The third-order valence-corrected chi connectivity index (χ3v) is 5.18. The Hall–Kier alpha value is -2.62. The van der Waals surface area contributed by atoms with Crippen LogP contribution in [0, 0.1) is 5.92 Å². The molecule has 0 saturated heterocycles. The first kappa shape index (κ1) is 14.9. The number of rotatable bonds is 1. The number of carbonyl (C=O) groups excluding carboxylic acids is 1. The molecule has 2 unspecified atom stereocenters. The van der Waals surface area contributed by atoms with Gasteiger partial charge in [0.2, 0.25) is 0 Å². The van der Waals surface area contributed by atoms with Crippen LogP contribution in [0.1, 0.15) is 37.3 Å². The van der Waals surface area contributed by atoms with Crippen molar-refractivity contribution in [3.63, 3.8) is 0 Å². The minimum absolute atomic E-state index is 0.430. The average molecular weight is 320 g/mol. The molecule has 4 rings (SSSR count). The van der Waals surface area contributed by atoms with Crippen LogP contribution in [0.5, 0.6) is 5.75 Å². The second kappa shape index (κ2) is 5.78. The molecule has 0 saturated carbocycles. The molecule has 4 heteroatoms. The normalized spacial score (nSPS) is 19.9. The number of aryl methyl sites for hydroxylation is 1. The highest BCUT2D eigenvalue weighted by Crippen LogP contribution is 2.37.